The number of amides is 1. The number of pyridine rings is 1. The van der Waals surface area contributed by atoms with Gasteiger partial charge in [-0.2, -0.15) is 0 Å². The molecule has 2 rings (SSSR count). The fourth-order valence-electron chi connectivity index (χ4n) is 2.11. The van der Waals surface area contributed by atoms with Crippen molar-refractivity contribution in [2.45, 2.75) is 19.8 Å². The number of H-pyrrole nitrogens is 1. The van der Waals surface area contributed by atoms with Crippen molar-refractivity contribution in [3.8, 4) is 11.5 Å². The van der Waals surface area contributed by atoms with E-state index in [4.69, 9.17) is 4.74 Å². The second-order valence-corrected chi connectivity index (χ2v) is 5.07. The summed E-state index contributed by atoms with van der Waals surface area (Å²) in [5.41, 5.74) is 1.17. The van der Waals surface area contributed by atoms with Crippen LogP contribution >= 0.6 is 0 Å². The summed E-state index contributed by atoms with van der Waals surface area (Å²) < 4.78 is 4.91. The van der Waals surface area contributed by atoms with Gasteiger partial charge in [-0.3, -0.25) is 14.6 Å². The van der Waals surface area contributed by atoms with Crippen LogP contribution in [0.2, 0.25) is 0 Å². The lowest BCUT2D eigenvalue weighted by Gasteiger charge is -2.08. The fraction of sp³-hybridized carbons (Fsp3) is 0.375. The molecule has 0 bridgehead atoms. The molecular weight excluding hydrogens is 296 g/mol. The van der Waals surface area contributed by atoms with Crippen LogP contribution in [0.5, 0.6) is 0 Å². The summed E-state index contributed by atoms with van der Waals surface area (Å²) in [6, 6.07) is 5.37. The van der Waals surface area contributed by atoms with Gasteiger partial charge in [0, 0.05) is 37.7 Å². The zero-order chi connectivity index (χ0) is 16.7. The summed E-state index contributed by atoms with van der Waals surface area (Å²) in [6.07, 6.45) is 2.37. The van der Waals surface area contributed by atoms with Crippen LogP contribution in [0, 0.1) is 6.92 Å². The number of aromatic nitrogens is 3. The molecule has 0 aromatic carbocycles. The lowest BCUT2D eigenvalue weighted by atomic mass is 10.1. The first-order valence-corrected chi connectivity index (χ1v) is 7.38. The quantitative estimate of drug-likeness (QED) is 0.738. The topological polar surface area (TPSA) is 97.0 Å². The minimum absolute atomic E-state index is 0.00362. The van der Waals surface area contributed by atoms with Gasteiger partial charge in [0.1, 0.15) is 5.69 Å². The van der Waals surface area contributed by atoms with E-state index < -0.39 is 0 Å². The Hall–Kier alpha value is -2.54. The predicted molar refractivity (Wildman–Crippen MR) is 86.0 cm³/mol. The van der Waals surface area contributed by atoms with Gasteiger partial charge in [0.15, 0.2) is 5.82 Å². The van der Waals surface area contributed by atoms with Crippen LogP contribution in [0.1, 0.15) is 17.7 Å². The number of rotatable bonds is 7. The molecular formula is C16H20N4O3. The Labute approximate surface area is 134 Å². The molecule has 0 aliphatic rings. The molecule has 7 heteroatoms. The summed E-state index contributed by atoms with van der Waals surface area (Å²) >= 11 is 0. The fourth-order valence-corrected chi connectivity index (χ4v) is 2.11. The third-order valence-electron chi connectivity index (χ3n) is 3.31. The predicted octanol–water partition coefficient (Wildman–Crippen LogP) is 0.836. The molecule has 0 spiro atoms. The van der Waals surface area contributed by atoms with Gasteiger partial charge < -0.3 is 15.0 Å². The molecule has 122 valence electrons. The van der Waals surface area contributed by atoms with Gasteiger partial charge in [-0.05, 0) is 25.5 Å². The minimum Gasteiger partial charge on any atom is -0.385 e. The van der Waals surface area contributed by atoms with Crippen molar-refractivity contribution in [1.82, 2.24) is 20.3 Å². The maximum absolute atomic E-state index is 12.2. The standard InChI is InChI=1S/C16H20N4O3/c1-11-12(10-14(21)18-8-5-9-23-2)16(22)20-15(19-11)13-6-3-4-7-17-13/h3-4,6-7H,5,8-10H2,1-2H3,(H,18,21)(H,19,20,22). The maximum Gasteiger partial charge on any atom is 0.255 e. The Morgan fingerprint density at radius 2 is 2.22 bits per heavy atom. The van der Waals surface area contributed by atoms with E-state index in [2.05, 4.69) is 20.3 Å². The van der Waals surface area contributed by atoms with E-state index in [1.165, 1.54) is 0 Å². The molecule has 0 atom stereocenters. The van der Waals surface area contributed by atoms with Gasteiger partial charge >= 0.3 is 0 Å². The zero-order valence-corrected chi connectivity index (χ0v) is 13.3. The Kier molecular flexibility index (Phi) is 5.99. The number of aromatic amines is 1. The van der Waals surface area contributed by atoms with Crippen LogP contribution in [-0.4, -0.2) is 41.1 Å². The van der Waals surface area contributed by atoms with Crippen molar-refractivity contribution in [1.29, 1.82) is 0 Å². The van der Waals surface area contributed by atoms with Gasteiger partial charge in [0.2, 0.25) is 5.91 Å². The van der Waals surface area contributed by atoms with Crippen molar-refractivity contribution in [3.63, 3.8) is 0 Å². The van der Waals surface area contributed by atoms with Crippen LogP contribution in [0.15, 0.2) is 29.2 Å². The van der Waals surface area contributed by atoms with E-state index in [1.807, 2.05) is 6.07 Å². The molecule has 0 aliphatic carbocycles. The summed E-state index contributed by atoms with van der Waals surface area (Å²) in [7, 11) is 1.61. The van der Waals surface area contributed by atoms with Crippen molar-refractivity contribution in [2.24, 2.45) is 0 Å². The van der Waals surface area contributed by atoms with E-state index in [9.17, 15) is 9.59 Å². The van der Waals surface area contributed by atoms with Gasteiger partial charge in [-0.1, -0.05) is 6.07 Å². The summed E-state index contributed by atoms with van der Waals surface area (Å²) in [4.78, 5) is 35.3. The highest BCUT2D eigenvalue weighted by Crippen LogP contribution is 2.11. The summed E-state index contributed by atoms with van der Waals surface area (Å²) in [6.45, 7) is 2.82. The molecule has 0 saturated heterocycles. The maximum atomic E-state index is 12.2. The van der Waals surface area contributed by atoms with Crippen molar-refractivity contribution in [3.05, 3.63) is 46.0 Å². The molecule has 2 heterocycles. The summed E-state index contributed by atoms with van der Waals surface area (Å²) in [5.74, 6) is 0.194. The molecule has 2 aromatic heterocycles. The van der Waals surface area contributed by atoms with Crippen LogP contribution in [-0.2, 0) is 16.0 Å². The van der Waals surface area contributed by atoms with E-state index in [0.717, 1.165) is 6.42 Å². The second kappa shape index (κ2) is 8.19. The van der Waals surface area contributed by atoms with Gasteiger partial charge in [-0.25, -0.2) is 4.98 Å². The highest BCUT2D eigenvalue weighted by molar-refractivity contribution is 5.78. The Balaban J connectivity index is 2.09. The van der Waals surface area contributed by atoms with Crippen LogP contribution in [0.25, 0.3) is 11.5 Å². The third-order valence-corrected chi connectivity index (χ3v) is 3.31. The van der Waals surface area contributed by atoms with Crippen LogP contribution in [0.3, 0.4) is 0 Å². The average molecular weight is 316 g/mol. The van der Waals surface area contributed by atoms with E-state index in [-0.39, 0.29) is 17.9 Å². The number of ether oxygens (including phenoxy) is 1. The first kappa shape index (κ1) is 16.8. The van der Waals surface area contributed by atoms with E-state index in [0.29, 0.717) is 35.9 Å². The highest BCUT2D eigenvalue weighted by atomic mass is 16.5. The van der Waals surface area contributed by atoms with Crippen LogP contribution < -0.4 is 10.9 Å². The van der Waals surface area contributed by atoms with Crippen molar-refractivity contribution < 1.29 is 9.53 Å². The molecule has 2 aromatic rings. The number of carbonyl (C=O) groups is 1. The number of hydrogen-bond acceptors (Lipinski definition) is 5. The lowest BCUT2D eigenvalue weighted by molar-refractivity contribution is -0.120. The number of carbonyl (C=O) groups excluding carboxylic acids is 1. The third kappa shape index (κ3) is 4.72. The van der Waals surface area contributed by atoms with Gasteiger partial charge in [-0.15, -0.1) is 0 Å². The molecule has 1 amide bonds. The zero-order valence-electron chi connectivity index (χ0n) is 13.3. The SMILES string of the molecule is COCCCNC(=O)Cc1c(C)nc(-c2ccccn2)[nH]c1=O. The molecule has 0 aliphatic heterocycles. The summed E-state index contributed by atoms with van der Waals surface area (Å²) in [5, 5.41) is 2.75. The average Bonchev–Trinajstić information content (AvgIpc) is 2.55. The Morgan fingerprint density at radius 1 is 1.39 bits per heavy atom. The molecule has 0 fully saturated rings. The number of aryl methyl sites for hydroxylation is 1. The normalized spacial score (nSPS) is 10.5. The molecule has 0 saturated carbocycles. The Morgan fingerprint density at radius 3 is 2.87 bits per heavy atom. The van der Waals surface area contributed by atoms with E-state index >= 15 is 0 Å². The molecule has 2 N–H and O–H groups in total. The number of methoxy groups -OCH3 is 1. The number of nitrogens with one attached hydrogen (secondary N) is 2. The highest BCUT2D eigenvalue weighted by Gasteiger charge is 2.13. The smallest absolute Gasteiger partial charge is 0.255 e. The van der Waals surface area contributed by atoms with Gasteiger partial charge in [0.05, 0.1) is 6.42 Å². The van der Waals surface area contributed by atoms with E-state index in [1.54, 1.807) is 32.4 Å². The first-order chi connectivity index (χ1) is 11.1. The Bertz CT molecular complexity index is 713. The number of nitrogens with zero attached hydrogens (tertiary/aromatic N) is 2. The van der Waals surface area contributed by atoms with Crippen molar-refractivity contribution in [2.75, 3.05) is 20.3 Å². The molecule has 23 heavy (non-hydrogen) atoms. The van der Waals surface area contributed by atoms with Crippen LogP contribution in [0.4, 0.5) is 0 Å². The lowest BCUT2D eigenvalue weighted by Crippen LogP contribution is -2.30. The largest absolute Gasteiger partial charge is 0.385 e. The monoisotopic (exact) mass is 316 g/mol. The van der Waals surface area contributed by atoms with Crippen molar-refractivity contribution >= 4 is 5.91 Å². The molecule has 7 nitrogen and oxygen atoms in total. The van der Waals surface area contributed by atoms with Gasteiger partial charge in [0.25, 0.3) is 5.56 Å². The second-order valence-electron chi connectivity index (χ2n) is 5.07. The first-order valence-electron chi connectivity index (χ1n) is 7.38. The number of hydrogen-bond donors (Lipinski definition) is 2. The molecule has 0 radical (unpaired) electrons. The minimum atomic E-state index is -0.315. The molecule has 0 unspecified atom stereocenters.